The fraction of sp³-hybridized carbons (Fsp3) is 1.00. The molecule has 2 atom stereocenters. The Morgan fingerprint density at radius 2 is 1.89 bits per heavy atom. The van der Waals surface area contributed by atoms with Crippen molar-refractivity contribution in [1.29, 1.82) is 0 Å². The van der Waals surface area contributed by atoms with Gasteiger partial charge < -0.3 is 5.32 Å². The maximum absolute atomic E-state index is 3.81. The maximum atomic E-state index is 3.81. The van der Waals surface area contributed by atoms with Gasteiger partial charge in [-0.25, -0.2) is 0 Å². The molecule has 1 N–H and O–H groups in total. The second-order valence-corrected chi connectivity index (χ2v) is 7.17. The van der Waals surface area contributed by atoms with Gasteiger partial charge in [-0.15, -0.1) is 0 Å². The van der Waals surface area contributed by atoms with Gasteiger partial charge in [0.1, 0.15) is 0 Å². The zero-order valence-electron chi connectivity index (χ0n) is 13.3. The first-order valence-electron chi connectivity index (χ1n) is 8.69. The molecule has 1 saturated heterocycles. The van der Waals surface area contributed by atoms with Crippen molar-refractivity contribution in [3.05, 3.63) is 0 Å². The molecule has 1 aliphatic heterocycles. The van der Waals surface area contributed by atoms with Crippen molar-refractivity contribution in [2.45, 2.75) is 90.3 Å². The molecular formula is C17H34N2. The number of piperazine rings is 1. The average molecular weight is 266 g/mol. The van der Waals surface area contributed by atoms with Crippen LogP contribution in [0.3, 0.4) is 0 Å². The summed E-state index contributed by atoms with van der Waals surface area (Å²) in [7, 11) is 0. The van der Waals surface area contributed by atoms with Gasteiger partial charge >= 0.3 is 0 Å². The van der Waals surface area contributed by atoms with Gasteiger partial charge in [-0.3, -0.25) is 4.90 Å². The van der Waals surface area contributed by atoms with Crippen LogP contribution in [-0.4, -0.2) is 36.1 Å². The average Bonchev–Trinajstić information content (AvgIpc) is 2.41. The Morgan fingerprint density at radius 3 is 2.53 bits per heavy atom. The molecule has 0 spiro atoms. The summed E-state index contributed by atoms with van der Waals surface area (Å²) in [5.74, 6) is 0.813. The zero-order chi connectivity index (χ0) is 13.7. The van der Waals surface area contributed by atoms with E-state index < -0.39 is 0 Å². The molecule has 2 fully saturated rings. The van der Waals surface area contributed by atoms with E-state index in [2.05, 4.69) is 31.0 Å². The highest BCUT2D eigenvalue weighted by Gasteiger charge is 2.32. The Bertz CT molecular complexity index is 241. The highest BCUT2D eigenvalue weighted by atomic mass is 15.3. The minimum atomic E-state index is 0.732. The van der Waals surface area contributed by atoms with Crippen LogP contribution in [0.2, 0.25) is 0 Å². The lowest BCUT2D eigenvalue weighted by atomic mass is 9.90. The van der Waals surface area contributed by atoms with Crippen LogP contribution in [0, 0.1) is 5.92 Å². The van der Waals surface area contributed by atoms with E-state index in [0.29, 0.717) is 0 Å². The Hall–Kier alpha value is -0.0800. The minimum absolute atomic E-state index is 0.732. The van der Waals surface area contributed by atoms with Crippen LogP contribution in [0.4, 0.5) is 0 Å². The van der Waals surface area contributed by atoms with E-state index in [0.717, 1.165) is 24.0 Å². The fourth-order valence-corrected chi connectivity index (χ4v) is 4.08. The van der Waals surface area contributed by atoms with Gasteiger partial charge in [0.05, 0.1) is 0 Å². The van der Waals surface area contributed by atoms with Crippen molar-refractivity contribution in [3.63, 3.8) is 0 Å². The first-order chi connectivity index (χ1) is 9.20. The monoisotopic (exact) mass is 266 g/mol. The van der Waals surface area contributed by atoms with Crippen LogP contribution in [0.15, 0.2) is 0 Å². The summed E-state index contributed by atoms with van der Waals surface area (Å²) in [6.07, 6.45) is 11.3. The number of hydrogen-bond donors (Lipinski definition) is 1. The lowest BCUT2D eigenvalue weighted by Gasteiger charge is -2.46. The molecule has 0 bridgehead atoms. The van der Waals surface area contributed by atoms with Gasteiger partial charge in [-0.2, -0.15) is 0 Å². The Balaban J connectivity index is 1.95. The SMILES string of the molecule is CCCC1CNC(CC(C)C)CN1C1CCCCC1. The Kier molecular flexibility index (Phi) is 6.15. The second-order valence-electron chi connectivity index (χ2n) is 7.17. The molecule has 0 aromatic heterocycles. The van der Waals surface area contributed by atoms with Crippen molar-refractivity contribution in [2.24, 2.45) is 5.92 Å². The normalized spacial score (nSPS) is 30.9. The highest BCUT2D eigenvalue weighted by molar-refractivity contribution is 4.91. The van der Waals surface area contributed by atoms with Gasteiger partial charge in [0.15, 0.2) is 0 Å². The number of rotatable bonds is 5. The molecule has 2 nitrogen and oxygen atoms in total. The predicted octanol–water partition coefficient (Wildman–Crippen LogP) is 3.81. The van der Waals surface area contributed by atoms with Crippen LogP contribution >= 0.6 is 0 Å². The summed E-state index contributed by atoms with van der Waals surface area (Å²) >= 11 is 0. The van der Waals surface area contributed by atoms with Gasteiger partial charge in [-0.1, -0.05) is 46.5 Å². The molecule has 1 heterocycles. The van der Waals surface area contributed by atoms with Gasteiger partial charge in [0.2, 0.25) is 0 Å². The first kappa shape index (κ1) is 15.3. The van der Waals surface area contributed by atoms with Crippen molar-refractivity contribution < 1.29 is 0 Å². The summed E-state index contributed by atoms with van der Waals surface area (Å²) in [6.45, 7) is 9.56. The third-order valence-corrected chi connectivity index (χ3v) is 4.96. The van der Waals surface area contributed by atoms with Crippen LogP contribution in [0.1, 0.15) is 72.1 Å². The molecule has 0 amide bonds. The van der Waals surface area contributed by atoms with E-state index in [9.17, 15) is 0 Å². The van der Waals surface area contributed by atoms with E-state index in [4.69, 9.17) is 0 Å². The fourth-order valence-electron chi connectivity index (χ4n) is 4.08. The molecule has 1 saturated carbocycles. The zero-order valence-corrected chi connectivity index (χ0v) is 13.3. The third-order valence-electron chi connectivity index (χ3n) is 4.96. The van der Waals surface area contributed by atoms with E-state index in [1.807, 2.05) is 0 Å². The molecule has 2 rings (SSSR count). The number of nitrogens with one attached hydrogen (secondary N) is 1. The maximum Gasteiger partial charge on any atom is 0.0224 e. The van der Waals surface area contributed by atoms with Crippen LogP contribution in [0.5, 0.6) is 0 Å². The molecule has 0 radical (unpaired) electrons. The van der Waals surface area contributed by atoms with E-state index in [1.54, 1.807) is 0 Å². The summed E-state index contributed by atoms with van der Waals surface area (Å²) in [5, 5.41) is 3.81. The van der Waals surface area contributed by atoms with Crippen LogP contribution in [-0.2, 0) is 0 Å². The van der Waals surface area contributed by atoms with E-state index >= 15 is 0 Å². The van der Waals surface area contributed by atoms with Gasteiger partial charge in [0.25, 0.3) is 0 Å². The smallest absolute Gasteiger partial charge is 0.0224 e. The topological polar surface area (TPSA) is 15.3 Å². The standard InChI is InChI=1S/C17H34N2/c1-4-8-17-12-18-15(11-14(2)3)13-19(17)16-9-6-5-7-10-16/h14-18H,4-13H2,1-3H3. The Morgan fingerprint density at radius 1 is 1.16 bits per heavy atom. The first-order valence-corrected chi connectivity index (χ1v) is 8.69. The molecule has 0 aromatic rings. The summed E-state index contributed by atoms with van der Waals surface area (Å²) in [6, 6.07) is 2.42. The predicted molar refractivity (Wildman–Crippen MR) is 83.5 cm³/mol. The van der Waals surface area contributed by atoms with Crippen molar-refractivity contribution in [3.8, 4) is 0 Å². The second kappa shape index (κ2) is 7.64. The van der Waals surface area contributed by atoms with Crippen molar-refractivity contribution in [1.82, 2.24) is 10.2 Å². The molecule has 2 unspecified atom stereocenters. The number of nitrogens with zero attached hydrogens (tertiary/aromatic N) is 1. The summed E-state index contributed by atoms with van der Waals surface area (Å²) in [5.41, 5.74) is 0. The third kappa shape index (κ3) is 4.46. The largest absolute Gasteiger partial charge is 0.311 e. The molecule has 1 aliphatic carbocycles. The summed E-state index contributed by atoms with van der Waals surface area (Å²) < 4.78 is 0. The van der Waals surface area contributed by atoms with Crippen LogP contribution < -0.4 is 5.32 Å². The van der Waals surface area contributed by atoms with E-state index in [-0.39, 0.29) is 0 Å². The van der Waals surface area contributed by atoms with Crippen molar-refractivity contribution >= 4 is 0 Å². The van der Waals surface area contributed by atoms with Crippen LogP contribution in [0.25, 0.3) is 0 Å². The van der Waals surface area contributed by atoms with Gasteiger partial charge in [0, 0.05) is 31.2 Å². The highest BCUT2D eigenvalue weighted by Crippen LogP contribution is 2.27. The molecule has 2 heteroatoms. The minimum Gasteiger partial charge on any atom is -0.311 e. The molecule has 2 aliphatic rings. The molecule has 112 valence electrons. The lowest BCUT2D eigenvalue weighted by molar-refractivity contribution is 0.0526. The lowest BCUT2D eigenvalue weighted by Crippen LogP contribution is -2.59. The molecule has 19 heavy (non-hydrogen) atoms. The molecule has 0 aromatic carbocycles. The number of hydrogen-bond acceptors (Lipinski definition) is 2. The summed E-state index contributed by atoms with van der Waals surface area (Å²) in [4.78, 5) is 2.90. The van der Waals surface area contributed by atoms with Crippen molar-refractivity contribution in [2.75, 3.05) is 13.1 Å². The Labute approximate surface area is 120 Å². The quantitative estimate of drug-likeness (QED) is 0.814. The van der Waals surface area contributed by atoms with E-state index in [1.165, 1.54) is 64.5 Å². The van der Waals surface area contributed by atoms with Gasteiger partial charge in [-0.05, 0) is 31.6 Å². The molecular weight excluding hydrogens is 232 g/mol.